The predicted molar refractivity (Wildman–Crippen MR) is 146 cm³/mol. The molecule has 0 aliphatic heterocycles. The van der Waals surface area contributed by atoms with Gasteiger partial charge in [0.15, 0.2) is 0 Å². The quantitative estimate of drug-likeness (QED) is 0.364. The Hall–Kier alpha value is -5.22. The number of pyridine rings is 4. The van der Waals surface area contributed by atoms with Crippen molar-refractivity contribution in [3.8, 4) is 34.4 Å². The minimum Gasteiger partial charge on any atom is -0.384 e. The Balaban J connectivity index is 1.54. The normalized spacial score (nSPS) is 11.0. The first kappa shape index (κ1) is 22.3. The summed E-state index contributed by atoms with van der Waals surface area (Å²) >= 11 is 0. The van der Waals surface area contributed by atoms with Crippen LogP contribution in [0.15, 0.2) is 90.1 Å². The second kappa shape index (κ2) is 8.77. The highest BCUT2D eigenvalue weighted by Gasteiger charge is 2.19. The fourth-order valence-electron chi connectivity index (χ4n) is 4.47. The summed E-state index contributed by atoms with van der Waals surface area (Å²) in [6, 6.07) is 20.8. The van der Waals surface area contributed by atoms with Crippen LogP contribution in [-0.4, -0.2) is 23.9 Å². The molecule has 7 heteroatoms. The van der Waals surface area contributed by atoms with Gasteiger partial charge in [-0.15, -0.1) is 0 Å². The van der Waals surface area contributed by atoms with Crippen LogP contribution in [0.4, 0.5) is 5.82 Å². The number of rotatable bonds is 2. The third-order valence-electron chi connectivity index (χ3n) is 6.36. The molecule has 7 nitrogen and oxygen atoms in total. The molecule has 0 amide bonds. The average Bonchev–Trinajstić information content (AvgIpc) is 3.28. The monoisotopic (exact) mass is 482 g/mol. The number of anilines is 1. The predicted octanol–water partition coefficient (Wildman–Crippen LogP) is 4.60. The Morgan fingerprint density at radius 3 is 2.57 bits per heavy atom. The van der Waals surface area contributed by atoms with Gasteiger partial charge >= 0.3 is 0 Å². The largest absolute Gasteiger partial charge is 0.384 e. The molecule has 0 aliphatic rings. The number of benzene rings is 1. The molecule has 0 saturated carbocycles. The highest BCUT2D eigenvalue weighted by molar-refractivity contribution is 5.85. The Labute approximate surface area is 212 Å². The molecule has 0 saturated heterocycles. The van der Waals surface area contributed by atoms with Crippen LogP contribution in [0, 0.1) is 18.8 Å². The molecule has 0 atom stereocenters. The number of hydrogen-bond donors (Lipinski definition) is 1. The molecule has 37 heavy (non-hydrogen) atoms. The van der Waals surface area contributed by atoms with E-state index < -0.39 is 0 Å². The van der Waals surface area contributed by atoms with Crippen molar-refractivity contribution in [2.24, 2.45) is 7.05 Å². The molecule has 1 aromatic carbocycles. The third-order valence-corrected chi connectivity index (χ3v) is 6.36. The topological polar surface area (TPSA) is 91.1 Å². The number of imidazole rings is 1. The molecule has 0 fully saturated rings. The van der Waals surface area contributed by atoms with E-state index in [1.54, 1.807) is 36.1 Å². The lowest BCUT2D eigenvalue weighted by Crippen LogP contribution is -2.14. The highest BCUT2D eigenvalue weighted by Crippen LogP contribution is 2.34. The van der Waals surface area contributed by atoms with Crippen LogP contribution in [-0.2, 0) is 7.05 Å². The van der Waals surface area contributed by atoms with Crippen LogP contribution in [0.1, 0.15) is 16.8 Å². The zero-order valence-electron chi connectivity index (χ0n) is 20.3. The first-order valence-corrected chi connectivity index (χ1v) is 11.8. The molecule has 178 valence electrons. The number of aryl methyl sites for hydroxylation is 2. The number of aromatic nitrogens is 5. The number of hydrogen-bond acceptors (Lipinski definition) is 5. The second-order valence-electron chi connectivity index (χ2n) is 8.86. The Morgan fingerprint density at radius 1 is 0.892 bits per heavy atom. The SMILES string of the molecule is Cc1ccn2c(-c3ccc(N)nc3C#Cc3ccc4c(ccc(=O)n4C)c3)c(-c3ccncc3)nc2c1. The van der Waals surface area contributed by atoms with E-state index in [1.165, 1.54) is 0 Å². The maximum atomic E-state index is 12.0. The van der Waals surface area contributed by atoms with Crippen LogP contribution >= 0.6 is 0 Å². The molecule has 6 rings (SSSR count). The van der Waals surface area contributed by atoms with E-state index in [0.29, 0.717) is 11.5 Å². The van der Waals surface area contributed by atoms with Crippen molar-refractivity contribution in [3.63, 3.8) is 0 Å². The summed E-state index contributed by atoms with van der Waals surface area (Å²) in [4.78, 5) is 25.7. The fourth-order valence-corrected chi connectivity index (χ4v) is 4.47. The van der Waals surface area contributed by atoms with Gasteiger partial charge in [-0.3, -0.25) is 14.2 Å². The van der Waals surface area contributed by atoms with E-state index in [2.05, 4.69) is 26.2 Å². The summed E-state index contributed by atoms with van der Waals surface area (Å²) in [6.07, 6.45) is 5.52. The molecule has 5 heterocycles. The zero-order valence-corrected chi connectivity index (χ0v) is 20.3. The minimum absolute atomic E-state index is 0.0480. The minimum atomic E-state index is -0.0480. The lowest BCUT2D eigenvalue weighted by Gasteiger charge is -2.09. The average molecular weight is 483 g/mol. The lowest BCUT2D eigenvalue weighted by atomic mass is 10.0. The van der Waals surface area contributed by atoms with Crippen LogP contribution in [0.3, 0.4) is 0 Å². The van der Waals surface area contributed by atoms with Gasteiger partial charge in [0.1, 0.15) is 17.2 Å². The van der Waals surface area contributed by atoms with E-state index in [1.807, 2.05) is 67.7 Å². The van der Waals surface area contributed by atoms with Gasteiger partial charge < -0.3 is 10.3 Å². The molecule has 0 radical (unpaired) electrons. The molecule has 0 bridgehead atoms. The van der Waals surface area contributed by atoms with Crippen LogP contribution in [0.5, 0.6) is 0 Å². The molecule has 2 N–H and O–H groups in total. The van der Waals surface area contributed by atoms with Crippen molar-refractivity contribution < 1.29 is 0 Å². The van der Waals surface area contributed by atoms with Crippen molar-refractivity contribution in [2.45, 2.75) is 6.92 Å². The van der Waals surface area contributed by atoms with Crippen molar-refractivity contribution in [3.05, 3.63) is 112 Å². The van der Waals surface area contributed by atoms with Crippen molar-refractivity contribution in [1.82, 2.24) is 23.9 Å². The molecule has 0 unspecified atom stereocenters. The van der Waals surface area contributed by atoms with Gasteiger partial charge in [-0.1, -0.05) is 5.92 Å². The maximum absolute atomic E-state index is 12.0. The van der Waals surface area contributed by atoms with Crippen LogP contribution < -0.4 is 11.3 Å². The molecule has 6 aromatic rings. The maximum Gasteiger partial charge on any atom is 0.250 e. The number of nitrogens with two attached hydrogens (primary N) is 1. The van der Waals surface area contributed by atoms with Crippen LogP contribution in [0.2, 0.25) is 0 Å². The smallest absolute Gasteiger partial charge is 0.250 e. The van der Waals surface area contributed by atoms with Crippen molar-refractivity contribution in [2.75, 3.05) is 5.73 Å². The van der Waals surface area contributed by atoms with E-state index in [4.69, 9.17) is 10.7 Å². The van der Waals surface area contributed by atoms with Gasteiger partial charge in [0.05, 0.1) is 16.9 Å². The molecule has 0 aliphatic carbocycles. The van der Waals surface area contributed by atoms with Gasteiger partial charge in [0, 0.05) is 48.4 Å². The van der Waals surface area contributed by atoms with Gasteiger partial charge in [0.25, 0.3) is 5.56 Å². The Bertz CT molecular complexity index is 1940. The van der Waals surface area contributed by atoms with Gasteiger partial charge in [-0.05, 0) is 84.5 Å². The van der Waals surface area contributed by atoms with E-state index in [0.717, 1.165) is 50.2 Å². The first-order chi connectivity index (χ1) is 18.0. The number of fused-ring (bicyclic) bond motifs is 2. The highest BCUT2D eigenvalue weighted by atomic mass is 16.1. The molecular formula is C30H22N6O. The third kappa shape index (κ3) is 4.01. The molecule has 0 spiro atoms. The van der Waals surface area contributed by atoms with E-state index in [9.17, 15) is 4.79 Å². The number of nitrogens with zero attached hydrogens (tertiary/aromatic N) is 5. The molecular weight excluding hydrogens is 460 g/mol. The summed E-state index contributed by atoms with van der Waals surface area (Å²) in [6.45, 7) is 2.05. The van der Waals surface area contributed by atoms with Gasteiger partial charge in [-0.25, -0.2) is 9.97 Å². The lowest BCUT2D eigenvalue weighted by molar-refractivity contribution is 0.906. The summed E-state index contributed by atoms with van der Waals surface area (Å²) in [5.74, 6) is 6.86. The number of nitrogen functional groups attached to an aromatic ring is 1. The van der Waals surface area contributed by atoms with Crippen LogP contribution in [0.25, 0.3) is 39.1 Å². The molecule has 5 aromatic heterocycles. The van der Waals surface area contributed by atoms with Gasteiger partial charge in [-0.2, -0.15) is 0 Å². The summed E-state index contributed by atoms with van der Waals surface area (Å²) < 4.78 is 3.68. The van der Waals surface area contributed by atoms with Crippen molar-refractivity contribution >= 4 is 22.4 Å². The van der Waals surface area contributed by atoms with E-state index >= 15 is 0 Å². The van der Waals surface area contributed by atoms with Crippen molar-refractivity contribution in [1.29, 1.82) is 0 Å². The first-order valence-electron chi connectivity index (χ1n) is 11.8. The Kier molecular flexibility index (Phi) is 5.28. The van der Waals surface area contributed by atoms with E-state index in [-0.39, 0.29) is 5.56 Å². The standard InChI is InChI=1S/C30H22N6O/c1-19-13-16-36-27(17-19)34-29(21-11-14-32-15-12-21)30(36)23-6-9-26(31)33-24(23)7-3-20-4-8-25-22(18-20)5-10-28(37)35(25)2/h4-6,8-18H,1-2H3,(H2,31,33). The van der Waals surface area contributed by atoms with Gasteiger partial charge in [0.2, 0.25) is 0 Å². The Morgan fingerprint density at radius 2 is 1.73 bits per heavy atom. The summed E-state index contributed by atoms with van der Waals surface area (Å²) in [7, 11) is 1.76. The fraction of sp³-hybridized carbons (Fsp3) is 0.0667. The second-order valence-corrected chi connectivity index (χ2v) is 8.86. The summed E-state index contributed by atoms with van der Waals surface area (Å²) in [5, 5.41) is 0.937. The summed E-state index contributed by atoms with van der Waals surface area (Å²) in [5.41, 5.74) is 13.7. The zero-order chi connectivity index (χ0) is 25.5.